The molecule has 3 heterocycles. The third kappa shape index (κ3) is 3.13. The summed E-state index contributed by atoms with van der Waals surface area (Å²) in [6.45, 7) is 6.18. The lowest BCUT2D eigenvalue weighted by molar-refractivity contribution is 0.171. The van der Waals surface area contributed by atoms with Crippen LogP contribution in [0.4, 0.5) is 5.69 Å². The highest BCUT2D eigenvalue weighted by molar-refractivity contribution is 7.91. The lowest BCUT2D eigenvalue weighted by Crippen LogP contribution is -2.38. The summed E-state index contributed by atoms with van der Waals surface area (Å²) in [5.41, 5.74) is 0.874. The molecule has 26 heavy (non-hydrogen) atoms. The van der Waals surface area contributed by atoms with Crippen molar-refractivity contribution in [1.82, 2.24) is 4.90 Å². The third-order valence-corrected chi connectivity index (χ3v) is 7.36. The Bertz CT molecular complexity index is 824. The van der Waals surface area contributed by atoms with Gasteiger partial charge in [0.15, 0.2) is 26.4 Å². The van der Waals surface area contributed by atoms with Crippen LogP contribution >= 0.6 is 12.2 Å². The summed E-state index contributed by atoms with van der Waals surface area (Å²) < 4.78 is 35.9. The second-order valence-electron chi connectivity index (χ2n) is 7.57. The summed E-state index contributed by atoms with van der Waals surface area (Å²) in [6, 6.07) is 5.52. The summed E-state index contributed by atoms with van der Waals surface area (Å²) in [6.07, 6.45) is 0.985. The molecule has 0 aromatic heterocycles. The average Bonchev–Trinajstić information content (AvgIpc) is 3.01. The van der Waals surface area contributed by atoms with E-state index in [1.54, 1.807) is 0 Å². The Labute approximate surface area is 160 Å². The average molecular weight is 397 g/mol. The number of nitrogens with zero attached hydrogens (tertiary/aromatic N) is 2. The second kappa shape index (κ2) is 6.56. The van der Waals surface area contributed by atoms with Gasteiger partial charge in [-0.15, -0.1) is 0 Å². The van der Waals surface area contributed by atoms with E-state index in [1.165, 1.54) is 0 Å². The SMILES string of the molecule is CC(C)CCN1C(=S)N(c2ccc3c(c2)OCCO3)[C@@H]2CS(=O)(=O)C[C@@H]21. The standard InChI is InChI=1S/C18H24N2O4S2/c1-12(2)5-6-19-14-10-26(21,22)11-15(14)20(18(19)25)13-3-4-16-17(9-13)24-8-7-23-16/h3-4,9,12,14-15H,5-8,10-11H2,1-2H3/t14-,15+/m0/s1. The first-order valence-electron chi connectivity index (χ1n) is 9.05. The van der Waals surface area contributed by atoms with E-state index >= 15 is 0 Å². The fourth-order valence-electron chi connectivity index (χ4n) is 3.92. The van der Waals surface area contributed by atoms with Gasteiger partial charge < -0.3 is 19.3 Å². The van der Waals surface area contributed by atoms with Crippen molar-refractivity contribution in [3.05, 3.63) is 18.2 Å². The van der Waals surface area contributed by atoms with Gasteiger partial charge >= 0.3 is 0 Å². The molecule has 4 rings (SSSR count). The topological polar surface area (TPSA) is 59.1 Å². The predicted octanol–water partition coefficient (Wildman–Crippen LogP) is 2.08. The van der Waals surface area contributed by atoms with Gasteiger partial charge in [-0.25, -0.2) is 8.42 Å². The lowest BCUT2D eigenvalue weighted by atomic mass is 10.1. The van der Waals surface area contributed by atoms with Crippen molar-refractivity contribution in [3.63, 3.8) is 0 Å². The van der Waals surface area contributed by atoms with E-state index < -0.39 is 9.84 Å². The van der Waals surface area contributed by atoms with Gasteiger partial charge in [0.25, 0.3) is 0 Å². The fourth-order valence-corrected chi connectivity index (χ4v) is 6.34. The molecule has 2 saturated heterocycles. The minimum absolute atomic E-state index is 0.0700. The highest BCUT2D eigenvalue weighted by Gasteiger charge is 2.51. The van der Waals surface area contributed by atoms with Gasteiger partial charge in [-0.2, -0.15) is 0 Å². The molecule has 0 bridgehead atoms. The van der Waals surface area contributed by atoms with Crippen LogP contribution in [0.1, 0.15) is 20.3 Å². The minimum atomic E-state index is -3.06. The number of ether oxygens (including phenoxy) is 2. The van der Waals surface area contributed by atoms with E-state index in [2.05, 4.69) is 18.7 Å². The molecule has 0 radical (unpaired) electrons. The number of thiocarbonyl (C=S) groups is 1. The van der Waals surface area contributed by atoms with Crippen LogP contribution in [0, 0.1) is 5.92 Å². The molecule has 142 valence electrons. The molecule has 0 amide bonds. The summed E-state index contributed by atoms with van der Waals surface area (Å²) >= 11 is 5.76. The van der Waals surface area contributed by atoms with E-state index in [0.717, 1.165) is 24.4 Å². The number of fused-ring (bicyclic) bond motifs is 2. The minimum Gasteiger partial charge on any atom is -0.486 e. The molecule has 2 atom stereocenters. The largest absolute Gasteiger partial charge is 0.486 e. The number of hydrogen-bond donors (Lipinski definition) is 0. The Morgan fingerprint density at radius 1 is 1.15 bits per heavy atom. The zero-order chi connectivity index (χ0) is 18.5. The van der Waals surface area contributed by atoms with E-state index in [1.807, 2.05) is 23.1 Å². The Hall–Kier alpha value is -1.54. The molecule has 6 nitrogen and oxygen atoms in total. The molecule has 1 aromatic carbocycles. The van der Waals surface area contributed by atoms with Gasteiger partial charge in [-0.05, 0) is 36.7 Å². The molecule has 1 aromatic rings. The number of anilines is 1. The van der Waals surface area contributed by atoms with Crippen molar-refractivity contribution in [2.24, 2.45) is 5.92 Å². The van der Waals surface area contributed by atoms with E-state index in [4.69, 9.17) is 21.7 Å². The van der Waals surface area contributed by atoms with Gasteiger partial charge in [-0.1, -0.05) is 13.8 Å². The third-order valence-electron chi connectivity index (χ3n) is 5.23. The first-order chi connectivity index (χ1) is 12.4. The molecule has 8 heteroatoms. The first kappa shape index (κ1) is 17.9. The summed E-state index contributed by atoms with van der Waals surface area (Å²) in [4.78, 5) is 4.12. The zero-order valence-electron chi connectivity index (χ0n) is 15.1. The van der Waals surface area contributed by atoms with Gasteiger partial charge in [-0.3, -0.25) is 0 Å². The van der Waals surface area contributed by atoms with Gasteiger partial charge in [0.2, 0.25) is 0 Å². The molecule has 2 fully saturated rings. The Morgan fingerprint density at radius 3 is 2.58 bits per heavy atom. The number of rotatable bonds is 4. The highest BCUT2D eigenvalue weighted by Crippen LogP contribution is 2.39. The predicted molar refractivity (Wildman–Crippen MR) is 105 cm³/mol. The van der Waals surface area contributed by atoms with Gasteiger partial charge in [0.1, 0.15) is 13.2 Å². The summed E-state index contributed by atoms with van der Waals surface area (Å²) in [7, 11) is -3.06. The molecule has 0 unspecified atom stereocenters. The van der Waals surface area contributed by atoms with Crippen LogP contribution in [0.5, 0.6) is 11.5 Å². The van der Waals surface area contributed by atoms with E-state index in [0.29, 0.717) is 30.0 Å². The van der Waals surface area contributed by atoms with Crippen molar-refractivity contribution in [1.29, 1.82) is 0 Å². The van der Waals surface area contributed by atoms with Crippen LogP contribution in [0.15, 0.2) is 18.2 Å². The summed E-state index contributed by atoms with van der Waals surface area (Å²) in [5.74, 6) is 2.27. The molecular weight excluding hydrogens is 372 g/mol. The Kier molecular flexibility index (Phi) is 4.51. The van der Waals surface area contributed by atoms with Crippen LogP contribution in [0.25, 0.3) is 0 Å². The van der Waals surface area contributed by atoms with Crippen LogP contribution in [0.3, 0.4) is 0 Å². The van der Waals surface area contributed by atoms with Crippen molar-refractivity contribution in [2.75, 3.05) is 36.2 Å². The molecule has 0 spiro atoms. The first-order valence-corrected chi connectivity index (χ1v) is 11.3. The maximum Gasteiger partial charge on any atom is 0.176 e. The van der Waals surface area contributed by atoms with Gasteiger partial charge in [0.05, 0.1) is 23.6 Å². The lowest BCUT2D eigenvalue weighted by Gasteiger charge is -2.27. The highest BCUT2D eigenvalue weighted by atomic mass is 32.2. The second-order valence-corrected chi connectivity index (χ2v) is 10.1. The van der Waals surface area contributed by atoms with Crippen molar-refractivity contribution in [3.8, 4) is 11.5 Å². The molecule has 3 aliphatic rings. The Morgan fingerprint density at radius 2 is 1.85 bits per heavy atom. The van der Waals surface area contributed by atoms with Crippen molar-refractivity contribution in [2.45, 2.75) is 32.4 Å². The zero-order valence-corrected chi connectivity index (χ0v) is 16.7. The summed E-state index contributed by atoms with van der Waals surface area (Å²) in [5, 5.41) is 0.715. The number of hydrogen-bond acceptors (Lipinski definition) is 5. The smallest absolute Gasteiger partial charge is 0.176 e. The van der Waals surface area contributed by atoms with Crippen LogP contribution in [0.2, 0.25) is 0 Å². The van der Waals surface area contributed by atoms with Crippen LogP contribution in [-0.2, 0) is 9.84 Å². The van der Waals surface area contributed by atoms with Crippen LogP contribution in [-0.4, -0.2) is 61.8 Å². The molecule has 0 saturated carbocycles. The van der Waals surface area contributed by atoms with Crippen molar-refractivity contribution >= 4 is 32.9 Å². The number of benzene rings is 1. The Balaban J connectivity index is 1.67. The molecule has 0 aliphatic carbocycles. The van der Waals surface area contributed by atoms with E-state index in [9.17, 15) is 8.42 Å². The molecular formula is C18H24N2O4S2. The normalized spacial score (nSPS) is 26.5. The molecule has 3 aliphatic heterocycles. The number of sulfone groups is 1. The maximum absolute atomic E-state index is 12.3. The van der Waals surface area contributed by atoms with Gasteiger partial charge in [0, 0.05) is 18.3 Å². The monoisotopic (exact) mass is 396 g/mol. The van der Waals surface area contributed by atoms with Crippen molar-refractivity contribution < 1.29 is 17.9 Å². The fraction of sp³-hybridized carbons (Fsp3) is 0.611. The maximum atomic E-state index is 12.3. The quantitative estimate of drug-likeness (QED) is 0.722. The van der Waals surface area contributed by atoms with E-state index in [-0.39, 0.29) is 23.6 Å². The van der Waals surface area contributed by atoms with Crippen LogP contribution < -0.4 is 14.4 Å². The molecule has 0 N–H and O–H groups in total.